The van der Waals surface area contributed by atoms with Gasteiger partial charge in [0, 0.05) is 0 Å². The van der Waals surface area contributed by atoms with Crippen LogP contribution in [0.5, 0.6) is 0 Å². The van der Waals surface area contributed by atoms with E-state index in [2.05, 4.69) is 4.99 Å². The fraction of sp³-hybridized carbons (Fsp3) is 0.174. The first-order chi connectivity index (χ1) is 15.8. The summed E-state index contributed by atoms with van der Waals surface area (Å²) in [6, 6.07) is 17.8. The van der Waals surface area contributed by atoms with Gasteiger partial charge in [0.05, 0.1) is 28.1 Å². The minimum Gasteiger partial charge on any atom is -0.465 e. The molecule has 0 aliphatic carbocycles. The highest BCUT2D eigenvalue weighted by Crippen LogP contribution is 2.22. The Bertz CT molecular complexity index is 1550. The minimum absolute atomic E-state index is 0.0619. The van der Waals surface area contributed by atoms with E-state index in [1.165, 1.54) is 12.1 Å². The Morgan fingerprint density at radius 3 is 2.61 bits per heavy atom. The van der Waals surface area contributed by atoms with Crippen molar-refractivity contribution in [2.45, 2.75) is 24.8 Å². The summed E-state index contributed by atoms with van der Waals surface area (Å²) in [5.74, 6) is -0.877. The number of sulfonamides is 1. The molecule has 33 heavy (non-hydrogen) atoms. The quantitative estimate of drug-likeness (QED) is 0.423. The van der Waals surface area contributed by atoms with Gasteiger partial charge in [0.1, 0.15) is 6.54 Å². The second kappa shape index (κ2) is 9.26. The van der Waals surface area contributed by atoms with Gasteiger partial charge in [0.25, 0.3) is 5.91 Å². The third-order valence-electron chi connectivity index (χ3n) is 5.02. The lowest BCUT2D eigenvalue weighted by Gasteiger charge is -2.06. The molecule has 0 saturated carbocycles. The summed E-state index contributed by atoms with van der Waals surface area (Å²) < 4.78 is 30.6. The van der Waals surface area contributed by atoms with E-state index >= 15 is 0 Å². The van der Waals surface area contributed by atoms with Crippen molar-refractivity contribution in [1.82, 2.24) is 4.57 Å². The molecule has 0 radical (unpaired) electrons. The number of fused-ring (bicyclic) bond motifs is 2. The second-order valence-electron chi connectivity index (χ2n) is 7.27. The fourth-order valence-electron chi connectivity index (χ4n) is 3.56. The van der Waals surface area contributed by atoms with Crippen molar-refractivity contribution in [3.05, 3.63) is 71.0 Å². The lowest BCUT2D eigenvalue weighted by atomic mass is 10.0. The van der Waals surface area contributed by atoms with Crippen molar-refractivity contribution in [3.63, 3.8) is 0 Å². The minimum atomic E-state index is -3.91. The van der Waals surface area contributed by atoms with E-state index < -0.39 is 16.0 Å². The highest BCUT2D eigenvalue weighted by atomic mass is 32.2. The summed E-state index contributed by atoms with van der Waals surface area (Å²) in [4.78, 5) is 29.5. The van der Waals surface area contributed by atoms with Crippen molar-refractivity contribution < 1.29 is 22.7 Å². The van der Waals surface area contributed by atoms with Gasteiger partial charge >= 0.3 is 5.97 Å². The normalized spacial score (nSPS) is 12.4. The Kier molecular flexibility index (Phi) is 6.41. The molecule has 0 atom stereocenters. The molecule has 170 valence electrons. The SMILES string of the molecule is CCOC(=O)Cn1c(=NC(=O)Cc2cccc3ccccc23)sc2cc(S(N)(=O)=O)ccc21. The van der Waals surface area contributed by atoms with Crippen molar-refractivity contribution in [2.75, 3.05) is 6.61 Å². The number of carbonyl (C=O) groups is 2. The van der Waals surface area contributed by atoms with Gasteiger partial charge in [-0.3, -0.25) is 9.59 Å². The van der Waals surface area contributed by atoms with E-state index in [0.717, 1.165) is 27.7 Å². The van der Waals surface area contributed by atoms with Gasteiger partial charge in [-0.05, 0) is 41.5 Å². The van der Waals surface area contributed by atoms with Crippen LogP contribution in [0.4, 0.5) is 0 Å². The van der Waals surface area contributed by atoms with Crippen LogP contribution in [0, 0.1) is 0 Å². The van der Waals surface area contributed by atoms with Gasteiger partial charge < -0.3 is 9.30 Å². The highest BCUT2D eigenvalue weighted by Gasteiger charge is 2.16. The molecule has 8 nitrogen and oxygen atoms in total. The average Bonchev–Trinajstić information content (AvgIpc) is 3.09. The lowest BCUT2D eigenvalue weighted by Crippen LogP contribution is -2.23. The zero-order valence-electron chi connectivity index (χ0n) is 17.7. The maximum absolute atomic E-state index is 12.9. The molecule has 0 bridgehead atoms. The molecule has 1 aromatic heterocycles. The van der Waals surface area contributed by atoms with Gasteiger partial charge in [-0.15, -0.1) is 0 Å². The van der Waals surface area contributed by atoms with E-state index in [-0.39, 0.29) is 35.2 Å². The van der Waals surface area contributed by atoms with Crippen molar-refractivity contribution in [1.29, 1.82) is 0 Å². The van der Waals surface area contributed by atoms with Crippen LogP contribution < -0.4 is 9.94 Å². The number of hydrogen-bond donors (Lipinski definition) is 1. The number of aromatic nitrogens is 1. The molecule has 4 aromatic rings. The molecule has 4 rings (SSSR count). The molecule has 0 unspecified atom stereocenters. The number of hydrogen-bond acceptors (Lipinski definition) is 6. The first kappa shape index (κ1) is 22.8. The number of nitrogens with zero attached hydrogens (tertiary/aromatic N) is 2. The topological polar surface area (TPSA) is 121 Å². The zero-order chi connectivity index (χ0) is 23.6. The average molecular weight is 484 g/mol. The Morgan fingerprint density at radius 2 is 1.85 bits per heavy atom. The number of ether oxygens (including phenoxy) is 1. The number of carbonyl (C=O) groups excluding carboxylic acids is 2. The van der Waals surface area contributed by atoms with Crippen LogP contribution in [-0.4, -0.2) is 31.5 Å². The molecule has 10 heteroatoms. The summed E-state index contributed by atoms with van der Waals surface area (Å²) in [6.07, 6.45) is 0.0808. The molecule has 0 aliphatic heterocycles. The molecule has 0 fully saturated rings. The largest absolute Gasteiger partial charge is 0.465 e. The van der Waals surface area contributed by atoms with Crippen LogP contribution in [0.25, 0.3) is 21.0 Å². The summed E-state index contributed by atoms with van der Waals surface area (Å²) in [5, 5.41) is 7.24. The molecule has 0 spiro atoms. The third-order valence-corrected chi connectivity index (χ3v) is 6.97. The summed E-state index contributed by atoms with van der Waals surface area (Å²) in [7, 11) is -3.91. The van der Waals surface area contributed by atoms with Crippen molar-refractivity contribution >= 4 is 54.2 Å². The Labute approximate surface area is 194 Å². The maximum Gasteiger partial charge on any atom is 0.326 e. The highest BCUT2D eigenvalue weighted by molar-refractivity contribution is 7.89. The van der Waals surface area contributed by atoms with E-state index in [1.54, 1.807) is 17.6 Å². The maximum atomic E-state index is 12.9. The summed E-state index contributed by atoms with van der Waals surface area (Å²) in [5.41, 5.74) is 1.40. The number of nitrogens with two attached hydrogens (primary N) is 1. The van der Waals surface area contributed by atoms with E-state index in [0.29, 0.717) is 10.2 Å². The Hall–Kier alpha value is -3.34. The molecule has 1 heterocycles. The van der Waals surface area contributed by atoms with Crippen LogP contribution in [0.1, 0.15) is 12.5 Å². The van der Waals surface area contributed by atoms with Gasteiger partial charge in [0.15, 0.2) is 4.80 Å². The zero-order valence-corrected chi connectivity index (χ0v) is 19.4. The van der Waals surface area contributed by atoms with Gasteiger partial charge in [0.2, 0.25) is 10.0 Å². The van der Waals surface area contributed by atoms with Gasteiger partial charge in [-0.1, -0.05) is 53.8 Å². The van der Waals surface area contributed by atoms with E-state index in [1.807, 2.05) is 42.5 Å². The molecule has 0 aliphatic rings. The predicted molar refractivity (Wildman–Crippen MR) is 126 cm³/mol. The molecule has 1 amide bonds. The Balaban J connectivity index is 1.78. The number of thiazole rings is 1. The van der Waals surface area contributed by atoms with Crippen LogP contribution in [0.2, 0.25) is 0 Å². The monoisotopic (exact) mass is 483 g/mol. The van der Waals surface area contributed by atoms with Crippen molar-refractivity contribution in [2.24, 2.45) is 10.1 Å². The summed E-state index contributed by atoms with van der Waals surface area (Å²) >= 11 is 1.10. The van der Waals surface area contributed by atoms with Crippen LogP contribution >= 0.6 is 11.3 Å². The first-order valence-electron chi connectivity index (χ1n) is 10.1. The van der Waals surface area contributed by atoms with Gasteiger partial charge in [-0.2, -0.15) is 4.99 Å². The number of primary sulfonamides is 1. The third kappa shape index (κ3) is 5.03. The number of amides is 1. The van der Waals surface area contributed by atoms with E-state index in [9.17, 15) is 18.0 Å². The predicted octanol–water partition coefficient (Wildman–Crippen LogP) is 2.74. The first-order valence-corrected chi connectivity index (χ1v) is 12.5. The number of rotatable bonds is 6. The van der Waals surface area contributed by atoms with Crippen molar-refractivity contribution in [3.8, 4) is 0 Å². The molecular weight excluding hydrogens is 462 g/mol. The van der Waals surface area contributed by atoms with Crippen LogP contribution in [0.3, 0.4) is 0 Å². The number of esters is 1. The number of benzene rings is 3. The molecule has 0 saturated heterocycles. The van der Waals surface area contributed by atoms with Crippen LogP contribution in [0.15, 0.2) is 70.6 Å². The standard InChI is InChI=1S/C23H21N3O5S2/c1-2-31-22(28)14-26-19-11-10-17(33(24,29)30)13-20(19)32-23(26)25-21(27)12-16-8-5-7-15-6-3-4-9-18(15)16/h3-11,13H,2,12,14H2,1H3,(H2,24,29,30). The molecular formula is C23H21N3O5S2. The van der Waals surface area contributed by atoms with Crippen LogP contribution in [-0.2, 0) is 37.3 Å². The Morgan fingerprint density at radius 1 is 1.09 bits per heavy atom. The lowest BCUT2D eigenvalue weighted by molar-refractivity contribution is -0.143. The smallest absolute Gasteiger partial charge is 0.326 e. The fourth-order valence-corrected chi connectivity index (χ4v) is 5.26. The molecule has 3 aromatic carbocycles. The summed E-state index contributed by atoms with van der Waals surface area (Å²) in [6.45, 7) is 1.75. The molecule has 2 N–H and O–H groups in total. The van der Waals surface area contributed by atoms with E-state index in [4.69, 9.17) is 9.88 Å². The van der Waals surface area contributed by atoms with Gasteiger partial charge in [-0.25, -0.2) is 13.6 Å². The second-order valence-corrected chi connectivity index (χ2v) is 9.84.